The van der Waals surface area contributed by atoms with Crippen LogP contribution in [0.3, 0.4) is 0 Å². The summed E-state index contributed by atoms with van der Waals surface area (Å²) in [6.45, 7) is 3.28. The average molecular weight is 162 g/mol. The number of allylic oxidation sites excluding steroid dienone is 3. The molecule has 2 nitrogen and oxygen atoms in total. The molecule has 0 aliphatic carbocycles. The van der Waals surface area contributed by atoms with Gasteiger partial charge in [-0.2, -0.15) is 0 Å². The molecular weight excluding hydrogens is 148 g/mol. The third-order valence-corrected chi connectivity index (χ3v) is 2.42. The number of nitrogens with zero attached hydrogens (tertiary/aromatic N) is 2. The Balaban J connectivity index is 2.35. The summed E-state index contributed by atoms with van der Waals surface area (Å²) in [7, 11) is 2.12. The molecule has 2 heterocycles. The maximum Gasteiger partial charge on any atom is 0.0578 e. The van der Waals surface area contributed by atoms with Crippen molar-refractivity contribution in [2.75, 3.05) is 13.6 Å². The minimum Gasteiger partial charge on any atom is -0.282 e. The first-order valence-electron chi connectivity index (χ1n) is 4.40. The van der Waals surface area contributed by atoms with Gasteiger partial charge in [-0.15, -0.1) is 0 Å². The van der Waals surface area contributed by atoms with Gasteiger partial charge in [-0.05, 0) is 24.1 Å². The van der Waals surface area contributed by atoms with Gasteiger partial charge in [0, 0.05) is 19.8 Å². The highest BCUT2D eigenvalue weighted by molar-refractivity contribution is 5.35. The lowest BCUT2D eigenvalue weighted by Gasteiger charge is -2.25. The molecule has 0 amide bonds. The zero-order valence-corrected chi connectivity index (χ0v) is 7.62. The van der Waals surface area contributed by atoms with Gasteiger partial charge < -0.3 is 0 Å². The number of likely N-dealkylation sites (N-methyl/N-ethyl adjacent to an activating group) is 1. The molecule has 2 aliphatic rings. The fourth-order valence-electron chi connectivity index (χ4n) is 1.74. The van der Waals surface area contributed by atoms with Gasteiger partial charge in [0.05, 0.1) is 5.70 Å². The fraction of sp³-hybridized carbons (Fsp3) is 0.400. The second kappa shape index (κ2) is 2.79. The SMILES string of the molecule is CCC1=C2C=CC=CN2N(C)C1. The van der Waals surface area contributed by atoms with Crippen molar-refractivity contribution in [2.45, 2.75) is 13.3 Å². The zero-order chi connectivity index (χ0) is 8.55. The van der Waals surface area contributed by atoms with Crippen LogP contribution in [0.15, 0.2) is 35.7 Å². The van der Waals surface area contributed by atoms with Gasteiger partial charge in [0.1, 0.15) is 0 Å². The van der Waals surface area contributed by atoms with Gasteiger partial charge in [-0.1, -0.05) is 13.0 Å². The van der Waals surface area contributed by atoms with E-state index in [0.717, 1.165) is 13.0 Å². The monoisotopic (exact) mass is 162 g/mol. The van der Waals surface area contributed by atoms with Crippen molar-refractivity contribution in [3.8, 4) is 0 Å². The van der Waals surface area contributed by atoms with E-state index < -0.39 is 0 Å². The molecule has 0 radical (unpaired) electrons. The largest absolute Gasteiger partial charge is 0.282 e. The molecule has 0 saturated heterocycles. The Bertz CT molecular complexity index is 274. The van der Waals surface area contributed by atoms with Gasteiger partial charge >= 0.3 is 0 Å². The molecule has 0 spiro atoms. The van der Waals surface area contributed by atoms with Crippen LogP contribution >= 0.6 is 0 Å². The van der Waals surface area contributed by atoms with Crippen LogP contribution in [0.5, 0.6) is 0 Å². The van der Waals surface area contributed by atoms with E-state index in [4.69, 9.17) is 0 Å². The lowest BCUT2D eigenvalue weighted by molar-refractivity contribution is 0.131. The number of hydrazine groups is 1. The summed E-state index contributed by atoms with van der Waals surface area (Å²) >= 11 is 0. The predicted octanol–water partition coefficient (Wildman–Crippen LogP) is 1.90. The first-order chi connectivity index (χ1) is 5.83. The Kier molecular flexibility index (Phi) is 1.77. The quantitative estimate of drug-likeness (QED) is 0.581. The van der Waals surface area contributed by atoms with Crippen LogP contribution < -0.4 is 0 Å². The Labute approximate surface area is 73.4 Å². The summed E-state index contributed by atoms with van der Waals surface area (Å²) in [5.41, 5.74) is 2.89. The minimum absolute atomic E-state index is 1.07. The van der Waals surface area contributed by atoms with Crippen LogP contribution in [0.25, 0.3) is 0 Å². The van der Waals surface area contributed by atoms with Crippen LogP contribution in [0.2, 0.25) is 0 Å². The smallest absolute Gasteiger partial charge is 0.0578 e. The molecule has 0 N–H and O–H groups in total. The summed E-state index contributed by atoms with van der Waals surface area (Å²) in [5.74, 6) is 0. The summed E-state index contributed by atoms with van der Waals surface area (Å²) in [6, 6.07) is 0. The normalized spacial score (nSPS) is 22.3. The molecule has 64 valence electrons. The molecule has 0 saturated carbocycles. The third kappa shape index (κ3) is 0.994. The van der Waals surface area contributed by atoms with Crippen LogP contribution in [-0.2, 0) is 0 Å². The number of hydrogen-bond donors (Lipinski definition) is 0. The van der Waals surface area contributed by atoms with E-state index in [-0.39, 0.29) is 0 Å². The fourth-order valence-corrected chi connectivity index (χ4v) is 1.74. The predicted molar refractivity (Wildman–Crippen MR) is 50.1 cm³/mol. The third-order valence-electron chi connectivity index (χ3n) is 2.42. The summed E-state index contributed by atoms with van der Waals surface area (Å²) in [6.07, 6.45) is 9.61. The Hall–Kier alpha value is -1.02. The summed E-state index contributed by atoms with van der Waals surface area (Å²) in [5, 5.41) is 4.44. The molecule has 0 unspecified atom stereocenters. The molecule has 2 aliphatic heterocycles. The van der Waals surface area contributed by atoms with Crippen molar-refractivity contribution < 1.29 is 0 Å². The highest BCUT2D eigenvalue weighted by Gasteiger charge is 2.23. The highest BCUT2D eigenvalue weighted by atomic mass is 15.6. The van der Waals surface area contributed by atoms with Crippen LogP contribution in [-0.4, -0.2) is 23.6 Å². The van der Waals surface area contributed by atoms with Gasteiger partial charge in [-0.25, -0.2) is 5.01 Å². The molecule has 0 aromatic heterocycles. The van der Waals surface area contributed by atoms with Crippen molar-refractivity contribution in [3.63, 3.8) is 0 Å². The molecular formula is C10H14N2. The lowest BCUT2D eigenvalue weighted by atomic mass is 10.1. The zero-order valence-electron chi connectivity index (χ0n) is 7.62. The molecule has 0 bridgehead atoms. The number of hydrogen-bond acceptors (Lipinski definition) is 2. The van der Waals surface area contributed by atoms with Crippen molar-refractivity contribution in [3.05, 3.63) is 35.7 Å². The van der Waals surface area contributed by atoms with E-state index in [2.05, 4.69) is 48.4 Å². The maximum absolute atomic E-state index is 2.23. The first-order valence-corrected chi connectivity index (χ1v) is 4.40. The van der Waals surface area contributed by atoms with Crippen LogP contribution in [0, 0.1) is 0 Å². The topological polar surface area (TPSA) is 6.48 Å². The highest BCUT2D eigenvalue weighted by Crippen LogP contribution is 2.27. The second-order valence-corrected chi connectivity index (χ2v) is 3.20. The van der Waals surface area contributed by atoms with Crippen molar-refractivity contribution >= 4 is 0 Å². The summed E-state index contributed by atoms with van der Waals surface area (Å²) in [4.78, 5) is 0. The van der Waals surface area contributed by atoms with Gasteiger partial charge in [0.25, 0.3) is 0 Å². The Morgan fingerprint density at radius 3 is 3.00 bits per heavy atom. The Morgan fingerprint density at radius 1 is 1.42 bits per heavy atom. The Morgan fingerprint density at radius 2 is 2.25 bits per heavy atom. The average Bonchev–Trinajstić information content (AvgIpc) is 2.44. The number of rotatable bonds is 1. The molecule has 12 heavy (non-hydrogen) atoms. The second-order valence-electron chi connectivity index (χ2n) is 3.20. The van der Waals surface area contributed by atoms with E-state index in [0.29, 0.717) is 0 Å². The van der Waals surface area contributed by atoms with E-state index in [1.165, 1.54) is 11.3 Å². The van der Waals surface area contributed by atoms with E-state index in [1.54, 1.807) is 0 Å². The standard InChI is InChI=1S/C10H14N2/c1-3-9-8-11(2)12-7-5-4-6-10(9)12/h4-7H,3,8H2,1-2H3. The minimum atomic E-state index is 1.07. The van der Waals surface area contributed by atoms with Crippen molar-refractivity contribution in [1.29, 1.82) is 0 Å². The molecule has 0 atom stereocenters. The van der Waals surface area contributed by atoms with Gasteiger partial charge in [-0.3, -0.25) is 5.01 Å². The van der Waals surface area contributed by atoms with Crippen molar-refractivity contribution in [1.82, 2.24) is 10.0 Å². The van der Waals surface area contributed by atoms with E-state index in [9.17, 15) is 0 Å². The number of fused-ring (bicyclic) bond motifs is 1. The maximum atomic E-state index is 2.23. The van der Waals surface area contributed by atoms with E-state index >= 15 is 0 Å². The van der Waals surface area contributed by atoms with Crippen LogP contribution in [0.1, 0.15) is 13.3 Å². The van der Waals surface area contributed by atoms with Crippen molar-refractivity contribution in [2.24, 2.45) is 0 Å². The lowest BCUT2D eigenvalue weighted by Crippen LogP contribution is -2.29. The molecule has 2 rings (SSSR count). The summed E-state index contributed by atoms with van der Waals surface area (Å²) < 4.78 is 0. The van der Waals surface area contributed by atoms with Gasteiger partial charge in [0.2, 0.25) is 0 Å². The first kappa shape index (κ1) is 7.62. The molecule has 0 aromatic carbocycles. The molecule has 0 aromatic rings. The van der Waals surface area contributed by atoms with E-state index in [1.807, 2.05) is 0 Å². The van der Waals surface area contributed by atoms with Gasteiger partial charge in [0.15, 0.2) is 0 Å². The molecule has 2 heteroatoms. The van der Waals surface area contributed by atoms with Crippen LogP contribution in [0.4, 0.5) is 0 Å². The molecule has 0 fully saturated rings.